The number of unbranched alkanes of at least 4 members (excludes halogenated alkanes) is 1. The quantitative estimate of drug-likeness (QED) is 0.838. The van der Waals surface area contributed by atoms with Gasteiger partial charge in [-0.25, -0.2) is 4.98 Å². The van der Waals surface area contributed by atoms with E-state index in [0.29, 0.717) is 24.1 Å². The van der Waals surface area contributed by atoms with Gasteiger partial charge < -0.3 is 14.5 Å². The number of carbonyl (C=O) groups excluding carboxylic acids is 1. The first-order valence-corrected chi connectivity index (χ1v) is 6.60. The van der Waals surface area contributed by atoms with Crippen molar-refractivity contribution in [3.8, 4) is 0 Å². The topological polar surface area (TPSA) is 64.4 Å². The average Bonchev–Trinajstić information content (AvgIpc) is 3.04. The summed E-state index contributed by atoms with van der Waals surface area (Å²) in [7, 11) is 0. The standard InChI is InChI=1S/C13H20N2O3/c1-2-3-4-12-14-8-11(18-12)13(16)15-7-10-5-6-17-9-10/h8,10H,2-7,9H2,1H3,(H,15,16). The van der Waals surface area contributed by atoms with Crippen LogP contribution in [0.5, 0.6) is 0 Å². The van der Waals surface area contributed by atoms with E-state index in [4.69, 9.17) is 9.15 Å². The molecular formula is C13H20N2O3. The number of hydrogen-bond donors (Lipinski definition) is 1. The van der Waals surface area contributed by atoms with Gasteiger partial charge in [0, 0.05) is 25.5 Å². The van der Waals surface area contributed by atoms with Gasteiger partial charge in [0.05, 0.1) is 12.8 Å². The molecule has 0 bridgehead atoms. The molecule has 5 heteroatoms. The molecule has 1 fully saturated rings. The van der Waals surface area contributed by atoms with Crippen LogP contribution in [0.25, 0.3) is 0 Å². The molecule has 0 aliphatic carbocycles. The first-order chi connectivity index (χ1) is 8.79. The minimum Gasteiger partial charge on any atom is -0.436 e. The highest BCUT2D eigenvalue weighted by Gasteiger charge is 2.18. The second kappa shape index (κ2) is 6.54. The fraction of sp³-hybridized carbons (Fsp3) is 0.692. The molecule has 18 heavy (non-hydrogen) atoms. The molecule has 2 rings (SSSR count). The predicted molar refractivity (Wildman–Crippen MR) is 66.4 cm³/mol. The zero-order valence-corrected chi connectivity index (χ0v) is 10.8. The Labute approximate surface area is 107 Å². The van der Waals surface area contributed by atoms with Crippen molar-refractivity contribution in [2.75, 3.05) is 19.8 Å². The van der Waals surface area contributed by atoms with Crippen LogP contribution in [0.2, 0.25) is 0 Å². The number of ether oxygens (including phenoxy) is 1. The number of aromatic nitrogens is 1. The number of carbonyl (C=O) groups is 1. The van der Waals surface area contributed by atoms with Crippen LogP contribution in [-0.4, -0.2) is 30.6 Å². The van der Waals surface area contributed by atoms with E-state index in [2.05, 4.69) is 17.2 Å². The molecule has 0 spiro atoms. The number of amides is 1. The monoisotopic (exact) mass is 252 g/mol. The lowest BCUT2D eigenvalue weighted by molar-refractivity contribution is 0.0915. The number of aryl methyl sites for hydroxylation is 1. The smallest absolute Gasteiger partial charge is 0.288 e. The Bertz CT molecular complexity index is 383. The van der Waals surface area contributed by atoms with Crippen molar-refractivity contribution >= 4 is 5.91 Å². The van der Waals surface area contributed by atoms with Crippen LogP contribution in [0.4, 0.5) is 0 Å². The van der Waals surface area contributed by atoms with Gasteiger partial charge >= 0.3 is 0 Å². The third kappa shape index (κ3) is 3.57. The maximum absolute atomic E-state index is 11.8. The molecule has 0 saturated carbocycles. The third-order valence-electron chi connectivity index (χ3n) is 3.10. The number of nitrogens with zero attached hydrogens (tertiary/aromatic N) is 1. The van der Waals surface area contributed by atoms with E-state index in [1.54, 1.807) is 0 Å². The van der Waals surface area contributed by atoms with Gasteiger partial charge in [0.15, 0.2) is 5.89 Å². The number of rotatable bonds is 6. The Morgan fingerprint density at radius 1 is 1.61 bits per heavy atom. The summed E-state index contributed by atoms with van der Waals surface area (Å²) in [5, 5.41) is 2.86. The minimum absolute atomic E-state index is 0.183. The maximum Gasteiger partial charge on any atom is 0.288 e. The summed E-state index contributed by atoms with van der Waals surface area (Å²) in [6, 6.07) is 0. The van der Waals surface area contributed by atoms with E-state index >= 15 is 0 Å². The van der Waals surface area contributed by atoms with Crippen molar-refractivity contribution in [3.05, 3.63) is 17.8 Å². The van der Waals surface area contributed by atoms with E-state index in [-0.39, 0.29) is 5.91 Å². The molecular weight excluding hydrogens is 232 g/mol. The summed E-state index contributed by atoms with van der Waals surface area (Å²) in [6.45, 7) is 4.28. The fourth-order valence-corrected chi connectivity index (χ4v) is 1.93. The SMILES string of the molecule is CCCCc1ncc(C(=O)NCC2CCOC2)o1. The molecule has 1 N–H and O–H groups in total. The maximum atomic E-state index is 11.8. The largest absolute Gasteiger partial charge is 0.436 e. The second-order valence-electron chi connectivity index (χ2n) is 4.66. The molecule has 5 nitrogen and oxygen atoms in total. The molecule has 1 amide bonds. The molecule has 1 aromatic rings. The van der Waals surface area contributed by atoms with E-state index in [1.165, 1.54) is 6.20 Å². The van der Waals surface area contributed by atoms with E-state index < -0.39 is 0 Å². The summed E-state index contributed by atoms with van der Waals surface area (Å²) in [4.78, 5) is 15.9. The molecule has 0 aromatic carbocycles. The highest BCUT2D eigenvalue weighted by atomic mass is 16.5. The van der Waals surface area contributed by atoms with Gasteiger partial charge in [-0.05, 0) is 12.8 Å². The lowest BCUT2D eigenvalue weighted by Crippen LogP contribution is -2.29. The summed E-state index contributed by atoms with van der Waals surface area (Å²) >= 11 is 0. The van der Waals surface area contributed by atoms with Gasteiger partial charge in [-0.3, -0.25) is 4.79 Å². The summed E-state index contributed by atoms with van der Waals surface area (Å²) in [6.07, 6.45) is 5.43. The number of oxazole rings is 1. The van der Waals surface area contributed by atoms with Crippen LogP contribution >= 0.6 is 0 Å². The number of nitrogens with one attached hydrogen (secondary N) is 1. The Hall–Kier alpha value is -1.36. The molecule has 1 saturated heterocycles. The fourth-order valence-electron chi connectivity index (χ4n) is 1.93. The van der Waals surface area contributed by atoms with Crippen molar-refractivity contribution in [2.45, 2.75) is 32.6 Å². The summed E-state index contributed by atoms with van der Waals surface area (Å²) in [5.74, 6) is 1.19. The molecule has 1 atom stereocenters. The molecule has 100 valence electrons. The predicted octanol–water partition coefficient (Wildman–Crippen LogP) is 1.78. The van der Waals surface area contributed by atoms with Crippen LogP contribution in [0.15, 0.2) is 10.6 Å². The van der Waals surface area contributed by atoms with Crippen LogP contribution in [-0.2, 0) is 11.2 Å². The molecule has 0 radical (unpaired) electrons. The van der Waals surface area contributed by atoms with Gasteiger partial charge in [-0.1, -0.05) is 13.3 Å². The minimum atomic E-state index is -0.183. The van der Waals surface area contributed by atoms with Crippen LogP contribution in [0.1, 0.15) is 42.6 Å². The average molecular weight is 252 g/mol. The van der Waals surface area contributed by atoms with E-state index in [9.17, 15) is 4.79 Å². The zero-order chi connectivity index (χ0) is 12.8. The van der Waals surface area contributed by atoms with Crippen molar-refractivity contribution in [3.63, 3.8) is 0 Å². The Morgan fingerprint density at radius 3 is 3.22 bits per heavy atom. The van der Waals surface area contributed by atoms with E-state index in [1.807, 2.05) is 0 Å². The van der Waals surface area contributed by atoms with Crippen LogP contribution in [0.3, 0.4) is 0 Å². The van der Waals surface area contributed by atoms with Gasteiger partial charge in [-0.2, -0.15) is 0 Å². The Kier molecular flexibility index (Phi) is 4.75. The molecule has 1 aromatic heterocycles. The second-order valence-corrected chi connectivity index (χ2v) is 4.66. The van der Waals surface area contributed by atoms with Crippen molar-refractivity contribution in [1.82, 2.24) is 10.3 Å². The Morgan fingerprint density at radius 2 is 2.50 bits per heavy atom. The Balaban J connectivity index is 1.78. The van der Waals surface area contributed by atoms with Crippen molar-refractivity contribution < 1.29 is 13.9 Å². The summed E-state index contributed by atoms with van der Waals surface area (Å²) < 4.78 is 10.7. The highest BCUT2D eigenvalue weighted by molar-refractivity contribution is 5.91. The number of hydrogen-bond acceptors (Lipinski definition) is 4. The summed E-state index contributed by atoms with van der Waals surface area (Å²) in [5.41, 5.74) is 0. The van der Waals surface area contributed by atoms with Crippen molar-refractivity contribution in [2.24, 2.45) is 5.92 Å². The van der Waals surface area contributed by atoms with Gasteiger partial charge in [-0.15, -0.1) is 0 Å². The van der Waals surface area contributed by atoms with Gasteiger partial charge in [0.2, 0.25) is 5.76 Å². The van der Waals surface area contributed by atoms with Gasteiger partial charge in [0.1, 0.15) is 0 Å². The molecule has 2 heterocycles. The third-order valence-corrected chi connectivity index (χ3v) is 3.10. The normalized spacial score (nSPS) is 19.1. The first kappa shape index (κ1) is 13.1. The molecule has 1 aliphatic rings. The molecule has 1 aliphatic heterocycles. The van der Waals surface area contributed by atoms with Crippen molar-refractivity contribution in [1.29, 1.82) is 0 Å². The molecule has 1 unspecified atom stereocenters. The lowest BCUT2D eigenvalue weighted by atomic mass is 10.1. The van der Waals surface area contributed by atoms with E-state index in [0.717, 1.165) is 38.9 Å². The lowest BCUT2D eigenvalue weighted by Gasteiger charge is -2.07. The first-order valence-electron chi connectivity index (χ1n) is 6.60. The zero-order valence-electron chi connectivity index (χ0n) is 10.8. The highest BCUT2D eigenvalue weighted by Crippen LogP contribution is 2.11. The van der Waals surface area contributed by atoms with Crippen LogP contribution in [0, 0.1) is 5.92 Å². The van der Waals surface area contributed by atoms with Gasteiger partial charge in [0.25, 0.3) is 5.91 Å². The van der Waals surface area contributed by atoms with Crippen LogP contribution < -0.4 is 5.32 Å².